The standard InChI is InChI=1S/C28H25N5S/c1-19-25(32-28(34-19)21-9-3-2-4-10-21)20-13-15-22(16-14-20)29-26-27(33-17-7-8-18-33)31-24-12-6-5-11-23(24)30-26/h2-6,9-16H,7-8,17-18H2,1H3,(H,29,30). The molecule has 6 rings (SSSR count). The molecule has 0 unspecified atom stereocenters. The van der Waals surface area contributed by atoms with Gasteiger partial charge in [-0.1, -0.05) is 54.6 Å². The van der Waals surface area contributed by atoms with Crippen LogP contribution in [0.15, 0.2) is 78.9 Å². The van der Waals surface area contributed by atoms with Gasteiger partial charge in [-0.3, -0.25) is 0 Å². The lowest BCUT2D eigenvalue weighted by Crippen LogP contribution is -2.21. The molecule has 1 aliphatic heterocycles. The number of aryl methyl sites for hydroxylation is 1. The van der Waals surface area contributed by atoms with Crippen molar-refractivity contribution in [2.45, 2.75) is 19.8 Å². The Morgan fingerprint density at radius 1 is 0.735 bits per heavy atom. The Balaban J connectivity index is 1.30. The first kappa shape index (κ1) is 20.8. The highest BCUT2D eigenvalue weighted by molar-refractivity contribution is 7.15. The number of nitrogens with one attached hydrogen (secondary N) is 1. The molecule has 5 nitrogen and oxygen atoms in total. The minimum Gasteiger partial charge on any atom is -0.354 e. The topological polar surface area (TPSA) is 53.9 Å². The van der Waals surface area contributed by atoms with Gasteiger partial charge in [0, 0.05) is 34.8 Å². The van der Waals surface area contributed by atoms with Gasteiger partial charge < -0.3 is 10.2 Å². The molecule has 1 aliphatic rings. The second-order valence-electron chi connectivity index (χ2n) is 8.57. The molecule has 5 aromatic rings. The summed E-state index contributed by atoms with van der Waals surface area (Å²) in [5.41, 5.74) is 6.13. The molecular formula is C28H25N5S. The van der Waals surface area contributed by atoms with E-state index in [-0.39, 0.29) is 0 Å². The number of aromatic nitrogens is 3. The SMILES string of the molecule is Cc1sc(-c2ccccc2)nc1-c1ccc(Nc2nc3ccccc3nc2N2CCCC2)cc1. The zero-order chi connectivity index (χ0) is 22.9. The lowest BCUT2D eigenvalue weighted by molar-refractivity contribution is 0.939. The van der Waals surface area contributed by atoms with Crippen molar-refractivity contribution >= 4 is 39.7 Å². The van der Waals surface area contributed by atoms with Crippen LogP contribution in [0.4, 0.5) is 17.3 Å². The van der Waals surface area contributed by atoms with Gasteiger partial charge in [-0.25, -0.2) is 15.0 Å². The molecule has 0 spiro atoms. The first-order chi connectivity index (χ1) is 16.7. The van der Waals surface area contributed by atoms with E-state index >= 15 is 0 Å². The Kier molecular flexibility index (Phi) is 5.43. The minimum absolute atomic E-state index is 0.810. The van der Waals surface area contributed by atoms with E-state index < -0.39 is 0 Å². The number of hydrogen-bond donors (Lipinski definition) is 1. The summed E-state index contributed by atoms with van der Waals surface area (Å²) in [7, 11) is 0. The van der Waals surface area contributed by atoms with E-state index in [0.717, 1.165) is 63.3 Å². The van der Waals surface area contributed by atoms with E-state index in [1.165, 1.54) is 17.7 Å². The number of nitrogens with zero attached hydrogens (tertiary/aromatic N) is 4. The van der Waals surface area contributed by atoms with E-state index in [4.69, 9.17) is 15.0 Å². The summed E-state index contributed by atoms with van der Waals surface area (Å²) in [5.74, 6) is 1.74. The minimum atomic E-state index is 0.810. The maximum absolute atomic E-state index is 4.95. The van der Waals surface area contributed by atoms with E-state index in [1.807, 2.05) is 30.3 Å². The Morgan fingerprint density at radius 3 is 2.15 bits per heavy atom. The molecule has 0 saturated carbocycles. The van der Waals surface area contributed by atoms with Crippen molar-refractivity contribution in [1.82, 2.24) is 15.0 Å². The molecule has 1 saturated heterocycles. The summed E-state index contributed by atoms with van der Waals surface area (Å²) in [5, 5.41) is 4.59. The Labute approximate surface area is 203 Å². The largest absolute Gasteiger partial charge is 0.354 e. The van der Waals surface area contributed by atoms with Crippen LogP contribution in [0.5, 0.6) is 0 Å². The van der Waals surface area contributed by atoms with Gasteiger partial charge in [0.2, 0.25) is 0 Å². The van der Waals surface area contributed by atoms with Gasteiger partial charge in [-0.2, -0.15) is 0 Å². The summed E-state index contributed by atoms with van der Waals surface area (Å²) in [4.78, 5) is 18.4. The van der Waals surface area contributed by atoms with Crippen LogP contribution in [0.2, 0.25) is 0 Å². The number of hydrogen-bond acceptors (Lipinski definition) is 6. The average Bonchev–Trinajstić information content (AvgIpc) is 3.55. The zero-order valence-corrected chi connectivity index (χ0v) is 19.8. The molecule has 3 heterocycles. The van der Waals surface area contributed by atoms with E-state index in [2.05, 4.69) is 65.7 Å². The number of para-hydroxylation sites is 2. The number of benzene rings is 3. The lowest BCUT2D eigenvalue weighted by Gasteiger charge is -2.20. The second kappa shape index (κ2) is 8.88. The predicted molar refractivity (Wildman–Crippen MR) is 142 cm³/mol. The molecule has 34 heavy (non-hydrogen) atoms. The van der Waals surface area contributed by atoms with Crippen LogP contribution >= 0.6 is 11.3 Å². The number of rotatable bonds is 5. The molecule has 0 amide bonds. The first-order valence-electron chi connectivity index (χ1n) is 11.7. The summed E-state index contributed by atoms with van der Waals surface area (Å²) in [6.45, 7) is 4.18. The normalized spacial score (nSPS) is 13.5. The summed E-state index contributed by atoms with van der Waals surface area (Å²) < 4.78 is 0. The predicted octanol–water partition coefficient (Wildman–Crippen LogP) is 7.07. The number of thiazole rings is 1. The fraction of sp³-hybridized carbons (Fsp3) is 0.179. The van der Waals surface area contributed by atoms with Crippen molar-refractivity contribution in [3.63, 3.8) is 0 Å². The summed E-state index contributed by atoms with van der Waals surface area (Å²) in [6.07, 6.45) is 2.39. The monoisotopic (exact) mass is 463 g/mol. The Hall–Kier alpha value is -3.77. The van der Waals surface area contributed by atoms with E-state index in [0.29, 0.717) is 0 Å². The van der Waals surface area contributed by atoms with Gasteiger partial charge >= 0.3 is 0 Å². The Bertz CT molecular complexity index is 1440. The molecule has 168 valence electrons. The van der Waals surface area contributed by atoms with Crippen molar-refractivity contribution in [2.75, 3.05) is 23.3 Å². The van der Waals surface area contributed by atoms with Gasteiger partial charge in [0.1, 0.15) is 5.01 Å². The quantitative estimate of drug-likeness (QED) is 0.302. The van der Waals surface area contributed by atoms with Crippen molar-refractivity contribution < 1.29 is 0 Å². The molecule has 0 aliphatic carbocycles. The third-order valence-corrected chi connectivity index (χ3v) is 7.22. The van der Waals surface area contributed by atoms with Gasteiger partial charge in [-0.05, 0) is 44.0 Å². The Morgan fingerprint density at radius 2 is 1.41 bits per heavy atom. The first-order valence-corrected chi connectivity index (χ1v) is 12.5. The van der Waals surface area contributed by atoms with Gasteiger partial charge in [0.25, 0.3) is 0 Å². The molecule has 6 heteroatoms. The molecule has 2 aromatic heterocycles. The molecule has 3 aromatic carbocycles. The summed E-state index contributed by atoms with van der Waals surface area (Å²) >= 11 is 1.74. The molecule has 1 fully saturated rings. The van der Waals surface area contributed by atoms with Crippen molar-refractivity contribution in [2.24, 2.45) is 0 Å². The number of fused-ring (bicyclic) bond motifs is 1. The molecule has 0 bridgehead atoms. The van der Waals surface area contributed by atoms with Crippen molar-refractivity contribution in [1.29, 1.82) is 0 Å². The van der Waals surface area contributed by atoms with Crippen LogP contribution in [0.3, 0.4) is 0 Å². The summed E-state index contributed by atoms with van der Waals surface area (Å²) in [6, 6.07) is 26.9. The zero-order valence-electron chi connectivity index (χ0n) is 19.0. The second-order valence-corrected chi connectivity index (χ2v) is 9.77. The molecule has 0 radical (unpaired) electrons. The van der Waals surface area contributed by atoms with Gasteiger partial charge in [0.05, 0.1) is 16.7 Å². The fourth-order valence-corrected chi connectivity index (χ4v) is 5.38. The van der Waals surface area contributed by atoms with Crippen LogP contribution in [-0.4, -0.2) is 28.0 Å². The highest BCUT2D eigenvalue weighted by atomic mass is 32.1. The molecule has 0 atom stereocenters. The average molecular weight is 464 g/mol. The van der Waals surface area contributed by atoms with Crippen LogP contribution in [-0.2, 0) is 0 Å². The highest BCUT2D eigenvalue weighted by Gasteiger charge is 2.20. The lowest BCUT2D eigenvalue weighted by atomic mass is 10.1. The maximum Gasteiger partial charge on any atom is 0.174 e. The van der Waals surface area contributed by atoms with Crippen LogP contribution in [0.25, 0.3) is 32.9 Å². The van der Waals surface area contributed by atoms with Crippen molar-refractivity contribution in [3.8, 4) is 21.8 Å². The molecular weight excluding hydrogens is 438 g/mol. The highest BCUT2D eigenvalue weighted by Crippen LogP contribution is 2.35. The van der Waals surface area contributed by atoms with Crippen LogP contribution in [0.1, 0.15) is 17.7 Å². The number of anilines is 3. The smallest absolute Gasteiger partial charge is 0.174 e. The van der Waals surface area contributed by atoms with Crippen molar-refractivity contribution in [3.05, 3.63) is 83.7 Å². The van der Waals surface area contributed by atoms with Crippen LogP contribution in [0, 0.1) is 6.92 Å². The third kappa shape index (κ3) is 4.01. The fourth-order valence-electron chi connectivity index (χ4n) is 4.44. The maximum atomic E-state index is 4.95. The van der Waals surface area contributed by atoms with Gasteiger partial charge in [0.15, 0.2) is 11.6 Å². The van der Waals surface area contributed by atoms with E-state index in [1.54, 1.807) is 11.3 Å². The molecule has 1 N–H and O–H groups in total. The van der Waals surface area contributed by atoms with E-state index in [9.17, 15) is 0 Å². The van der Waals surface area contributed by atoms with Crippen LogP contribution < -0.4 is 10.2 Å². The third-order valence-electron chi connectivity index (χ3n) is 6.20. The van der Waals surface area contributed by atoms with Gasteiger partial charge in [-0.15, -0.1) is 11.3 Å².